The predicted octanol–water partition coefficient (Wildman–Crippen LogP) is 5.89. The fourth-order valence-corrected chi connectivity index (χ4v) is 4.95. The lowest BCUT2D eigenvalue weighted by molar-refractivity contribution is -0.309. The van der Waals surface area contributed by atoms with E-state index >= 15 is 0 Å². The van der Waals surface area contributed by atoms with Crippen molar-refractivity contribution in [3.63, 3.8) is 0 Å². The number of carbonyl (C=O) groups excluding carboxylic acids is 2. The van der Waals surface area contributed by atoms with Gasteiger partial charge in [-0.1, -0.05) is 109 Å². The lowest BCUT2D eigenvalue weighted by atomic mass is 9.97. The van der Waals surface area contributed by atoms with Crippen LogP contribution in [0.4, 0.5) is 0 Å². The number of esters is 2. The summed E-state index contributed by atoms with van der Waals surface area (Å²) in [4.78, 5) is 25.6. The van der Waals surface area contributed by atoms with Gasteiger partial charge >= 0.3 is 11.9 Å². The first kappa shape index (κ1) is 31.1. The van der Waals surface area contributed by atoms with Crippen LogP contribution in [-0.4, -0.2) is 49.3 Å². The zero-order valence-corrected chi connectivity index (χ0v) is 24.5. The summed E-state index contributed by atoms with van der Waals surface area (Å²) >= 11 is 0. The molecule has 1 aliphatic heterocycles. The third-order valence-electron chi connectivity index (χ3n) is 7.09. The van der Waals surface area contributed by atoms with Crippen molar-refractivity contribution in [3.05, 3.63) is 144 Å². The van der Waals surface area contributed by atoms with Gasteiger partial charge in [-0.3, -0.25) is 4.79 Å². The van der Waals surface area contributed by atoms with Crippen molar-refractivity contribution in [2.24, 2.45) is 0 Å². The van der Waals surface area contributed by atoms with Crippen LogP contribution >= 0.6 is 0 Å². The van der Waals surface area contributed by atoms with Crippen LogP contribution in [0.3, 0.4) is 0 Å². The molecular formula is C36H36O8. The maximum atomic E-state index is 13.3. The molecule has 0 unspecified atom stereocenters. The van der Waals surface area contributed by atoms with Crippen molar-refractivity contribution in [2.75, 3.05) is 6.61 Å². The SMILES string of the molecule is CC(=O)O[C@@H]1O[C@H](COCc2ccccc2)[C@@H](OCc2ccccc2)[C@H](OCc2ccccc2)[C@H]1OC(=O)c1ccccc1. The van der Waals surface area contributed by atoms with Gasteiger partial charge in [0.2, 0.25) is 6.29 Å². The summed E-state index contributed by atoms with van der Waals surface area (Å²) in [5.74, 6) is -1.20. The Morgan fingerprint density at radius 1 is 0.591 bits per heavy atom. The van der Waals surface area contributed by atoms with Crippen LogP contribution < -0.4 is 0 Å². The van der Waals surface area contributed by atoms with Crippen molar-refractivity contribution < 1.29 is 38.0 Å². The minimum absolute atomic E-state index is 0.108. The molecule has 0 radical (unpaired) electrons. The van der Waals surface area contributed by atoms with E-state index in [2.05, 4.69) is 0 Å². The van der Waals surface area contributed by atoms with Crippen LogP contribution in [0.15, 0.2) is 121 Å². The van der Waals surface area contributed by atoms with Gasteiger partial charge in [-0.15, -0.1) is 0 Å². The fraction of sp³-hybridized carbons (Fsp3) is 0.278. The third-order valence-corrected chi connectivity index (χ3v) is 7.09. The first-order valence-electron chi connectivity index (χ1n) is 14.6. The zero-order chi connectivity index (χ0) is 30.6. The summed E-state index contributed by atoms with van der Waals surface area (Å²) in [7, 11) is 0. The summed E-state index contributed by atoms with van der Waals surface area (Å²) in [6.45, 7) is 2.16. The van der Waals surface area contributed by atoms with E-state index in [0.717, 1.165) is 16.7 Å². The van der Waals surface area contributed by atoms with Crippen molar-refractivity contribution in [1.82, 2.24) is 0 Å². The predicted molar refractivity (Wildman–Crippen MR) is 162 cm³/mol. The summed E-state index contributed by atoms with van der Waals surface area (Å²) < 4.78 is 37.0. The molecule has 0 aliphatic carbocycles. The summed E-state index contributed by atoms with van der Waals surface area (Å²) in [6, 6.07) is 37.7. The van der Waals surface area contributed by atoms with Crippen molar-refractivity contribution in [2.45, 2.75) is 57.5 Å². The topological polar surface area (TPSA) is 89.5 Å². The zero-order valence-electron chi connectivity index (χ0n) is 24.5. The highest BCUT2D eigenvalue weighted by molar-refractivity contribution is 5.89. The Morgan fingerprint density at radius 2 is 1.07 bits per heavy atom. The second-order valence-electron chi connectivity index (χ2n) is 10.4. The van der Waals surface area contributed by atoms with Gasteiger partial charge in [0.25, 0.3) is 0 Å². The second-order valence-corrected chi connectivity index (χ2v) is 10.4. The van der Waals surface area contributed by atoms with E-state index in [0.29, 0.717) is 12.2 Å². The van der Waals surface area contributed by atoms with Gasteiger partial charge in [-0.05, 0) is 28.8 Å². The maximum Gasteiger partial charge on any atom is 0.338 e. The van der Waals surface area contributed by atoms with Gasteiger partial charge in [-0.25, -0.2) is 4.79 Å². The molecule has 1 saturated heterocycles. The number of hydrogen-bond donors (Lipinski definition) is 0. The van der Waals surface area contributed by atoms with E-state index in [-0.39, 0.29) is 19.8 Å². The van der Waals surface area contributed by atoms with Crippen LogP contribution in [0.1, 0.15) is 34.0 Å². The molecule has 0 amide bonds. The van der Waals surface area contributed by atoms with Crippen LogP contribution in [0.2, 0.25) is 0 Å². The second kappa shape index (κ2) is 15.9. The Morgan fingerprint density at radius 3 is 1.59 bits per heavy atom. The Bertz CT molecular complexity index is 1430. The highest BCUT2D eigenvalue weighted by Gasteiger charge is 2.51. The molecule has 228 valence electrons. The fourth-order valence-electron chi connectivity index (χ4n) is 4.95. The first-order valence-corrected chi connectivity index (χ1v) is 14.6. The lowest BCUT2D eigenvalue weighted by Crippen LogP contribution is -2.62. The highest BCUT2D eigenvalue weighted by atomic mass is 16.7. The van der Waals surface area contributed by atoms with E-state index in [1.807, 2.05) is 91.0 Å². The maximum absolute atomic E-state index is 13.3. The van der Waals surface area contributed by atoms with E-state index in [1.54, 1.807) is 30.3 Å². The molecular weight excluding hydrogens is 560 g/mol. The highest BCUT2D eigenvalue weighted by Crippen LogP contribution is 2.31. The molecule has 5 rings (SSSR count). The first-order chi connectivity index (χ1) is 21.6. The van der Waals surface area contributed by atoms with Gasteiger partial charge in [0, 0.05) is 6.92 Å². The van der Waals surface area contributed by atoms with E-state index in [1.165, 1.54) is 6.92 Å². The molecule has 1 fully saturated rings. The lowest BCUT2D eigenvalue weighted by Gasteiger charge is -2.45. The summed E-state index contributed by atoms with van der Waals surface area (Å²) in [6.07, 6.45) is -4.76. The molecule has 4 aromatic rings. The van der Waals surface area contributed by atoms with Crippen LogP contribution in [0, 0.1) is 0 Å². The minimum atomic E-state index is -1.26. The largest absolute Gasteiger partial charge is 0.449 e. The molecule has 0 bridgehead atoms. The van der Waals surface area contributed by atoms with Gasteiger partial charge in [0.05, 0.1) is 32.0 Å². The van der Waals surface area contributed by atoms with Gasteiger partial charge in [-0.2, -0.15) is 0 Å². The number of ether oxygens (including phenoxy) is 6. The molecule has 0 N–H and O–H groups in total. The normalized spacial score (nSPS) is 21.3. The average molecular weight is 597 g/mol. The van der Waals surface area contributed by atoms with Crippen molar-refractivity contribution in [1.29, 1.82) is 0 Å². The summed E-state index contributed by atoms with van der Waals surface area (Å²) in [5.41, 5.74) is 3.19. The molecule has 0 aromatic heterocycles. The number of benzene rings is 4. The summed E-state index contributed by atoms with van der Waals surface area (Å²) in [5, 5.41) is 0. The smallest absolute Gasteiger partial charge is 0.338 e. The van der Waals surface area contributed by atoms with Crippen LogP contribution in [0.25, 0.3) is 0 Å². The Hall–Kier alpha value is -4.34. The number of hydrogen-bond acceptors (Lipinski definition) is 8. The molecule has 0 spiro atoms. The van der Waals surface area contributed by atoms with Crippen LogP contribution in [0.5, 0.6) is 0 Å². The molecule has 0 saturated carbocycles. The quantitative estimate of drug-likeness (QED) is 0.177. The average Bonchev–Trinajstić information content (AvgIpc) is 3.06. The standard InChI is InChI=1S/C36H36O8/c1-26(37)42-36-34(44-35(38)30-20-12-5-13-21-30)33(41-24-29-18-10-4-11-19-29)32(40-23-28-16-8-3-9-17-28)31(43-36)25-39-22-27-14-6-2-7-15-27/h2-21,31-34,36H,22-25H2,1H3/t31-,32-,33+,34-,36-/m1/s1. The van der Waals surface area contributed by atoms with Gasteiger partial charge in [0.1, 0.15) is 18.3 Å². The van der Waals surface area contributed by atoms with Gasteiger partial charge < -0.3 is 28.4 Å². The Kier molecular flexibility index (Phi) is 11.3. The van der Waals surface area contributed by atoms with Crippen LogP contribution in [-0.2, 0) is 53.0 Å². The number of carbonyl (C=O) groups is 2. The molecule has 44 heavy (non-hydrogen) atoms. The molecule has 1 aliphatic rings. The Balaban J connectivity index is 1.45. The van der Waals surface area contributed by atoms with Gasteiger partial charge in [0.15, 0.2) is 6.10 Å². The minimum Gasteiger partial charge on any atom is -0.449 e. The monoisotopic (exact) mass is 596 g/mol. The van der Waals surface area contributed by atoms with Crippen molar-refractivity contribution in [3.8, 4) is 0 Å². The molecule has 1 heterocycles. The Labute approximate surface area is 257 Å². The molecule has 8 nitrogen and oxygen atoms in total. The molecule has 4 aromatic carbocycles. The van der Waals surface area contributed by atoms with Crippen molar-refractivity contribution >= 4 is 11.9 Å². The number of rotatable bonds is 13. The third kappa shape index (κ3) is 8.84. The van der Waals surface area contributed by atoms with E-state index in [4.69, 9.17) is 28.4 Å². The molecule has 8 heteroatoms. The van der Waals surface area contributed by atoms with E-state index < -0.39 is 42.6 Å². The van der Waals surface area contributed by atoms with E-state index in [9.17, 15) is 9.59 Å². The molecule has 5 atom stereocenters.